The molecule has 5 aliphatic carbocycles. The highest BCUT2D eigenvalue weighted by atomic mass is 16.7. The molecule has 1 saturated heterocycles. The molecule has 0 aromatic heterocycles. The van der Waals surface area contributed by atoms with E-state index >= 15 is 0 Å². The number of rotatable bonds is 3. The van der Waals surface area contributed by atoms with Crippen LogP contribution in [0.2, 0.25) is 0 Å². The van der Waals surface area contributed by atoms with Gasteiger partial charge >= 0.3 is 5.97 Å². The molecular formula is C36H56O10. The van der Waals surface area contributed by atoms with E-state index in [9.17, 15) is 40.2 Å². The van der Waals surface area contributed by atoms with Gasteiger partial charge in [-0.25, -0.2) is 0 Å². The number of ketones is 1. The fraction of sp³-hybridized carbons (Fsp3) is 0.889. The Bertz CT molecular complexity index is 1290. The minimum atomic E-state index is -1.71. The summed E-state index contributed by atoms with van der Waals surface area (Å²) in [5, 5.41) is 64.4. The lowest BCUT2D eigenvalue weighted by atomic mass is 9.33. The van der Waals surface area contributed by atoms with Crippen molar-refractivity contribution in [3.63, 3.8) is 0 Å². The fourth-order valence-corrected chi connectivity index (χ4v) is 12.2. The molecule has 10 heteroatoms. The topological polar surface area (TPSA) is 174 Å². The van der Waals surface area contributed by atoms with E-state index in [1.54, 1.807) is 0 Å². The van der Waals surface area contributed by atoms with E-state index in [0.717, 1.165) is 18.4 Å². The van der Waals surface area contributed by atoms with Crippen molar-refractivity contribution >= 4 is 11.8 Å². The number of allylic oxidation sites excluding steroid dienone is 1. The molecule has 15 unspecified atom stereocenters. The van der Waals surface area contributed by atoms with Crippen LogP contribution in [0.15, 0.2) is 11.6 Å². The van der Waals surface area contributed by atoms with Gasteiger partial charge in [0, 0.05) is 11.3 Å². The molecule has 0 spiro atoms. The highest BCUT2D eigenvalue weighted by Crippen LogP contribution is 2.76. The first-order valence-corrected chi connectivity index (χ1v) is 17.4. The van der Waals surface area contributed by atoms with Gasteiger partial charge in [0.25, 0.3) is 0 Å². The van der Waals surface area contributed by atoms with E-state index in [2.05, 4.69) is 26.8 Å². The van der Waals surface area contributed by atoms with Gasteiger partial charge in [0.2, 0.25) is 6.29 Å². The summed E-state index contributed by atoms with van der Waals surface area (Å²) < 4.78 is 11.4. The van der Waals surface area contributed by atoms with E-state index in [4.69, 9.17) is 9.47 Å². The first-order chi connectivity index (χ1) is 21.2. The Morgan fingerprint density at radius 3 is 2.26 bits per heavy atom. The van der Waals surface area contributed by atoms with Gasteiger partial charge in [0.15, 0.2) is 5.78 Å². The van der Waals surface area contributed by atoms with Gasteiger partial charge in [0.05, 0.1) is 17.6 Å². The standard InChI is InChI=1S/C36H56O10/c1-18-10-13-36(30(43)46-29-26(41)25(40)24(39)21(17-37)45-29)15-14-33(5)19(27(36)35(18,7)44)8-9-23-32(4)16-20(38)28(42)31(2,3)22(32)11-12-34(23,33)6/h8,18,20-27,29,37-41,44H,9-17H2,1-7H3. The summed E-state index contributed by atoms with van der Waals surface area (Å²) >= 11 is 0. The monoisotopic (exact) mass is 648 g/mol. The predicted octanol–water partition coefficient (Wildman–Crippen LogP) is 2.64. The molecule has 10 nitrogen and oxygen atoms in total. The third-order valence-corrected chi connectivity index (χ3v) is 15.2. The quantitative estimate of drug-likeness (QED) is 0.197. The van der Waals surface area contributed by atoms with Gasteiger partial charge in [-0.3, -0.25) is 9.59 Å². The summed E-state index contributed by atoms with van der Waals surface area (Å²) in [6.45, 7) is 14.1. The average molecular weight is 649 g/mol. The molecule has 1 aliphatic heterocycles. The lowest BCUT2D eigenvalue weighted by Crippen LogP contribution is -2.68. The zero-order chi connectivity index (χ0) is 34.0. The van der Waals surface area contributed by atoms with Crippen molar-refractivity contribution in [2.75, 3.05) is 6.61 Å². The van der Waals surface area contributed by atoms with E-state index < -0.39 is 71.7 Å². The number of Topliss-reactive ketones (excluding diaryl/α,β-unsaturated/α-hetero) is 1. The molecule has 6 rings (SSSR count). The highest BCUT2D eigenvalue weighted by Gasteiger charge is 2.72. The predicted molar refractivity (Wildman–Crippen MR) is 167 cm³/mol. The van der Waals surface area contributed by atoms with Crippen molar-refractivity contribution in [2.45, 2.75) is 142 Å². The van der Waals surface area contributed by atoms with Gasteiger partial charge in [-0.1, -0.05) is 53.2 Å². The molecule has 5 fully saturated rings. The molecule has 260 valence electrons. The maximum Gasteiger partial charge on any atom is 0.315 e. The number of carbonyl (C=O) groups is 2. The summed E-state index contributed by atoms with van der Waals surface area (Å²) in [5.74, 6) is -1.03. The van der Waals surface area contributed by atoms with Crippen LogP contribution in [-0.4, -0.2) is 91.4 Å². The van der Waals surface area contributed by atoms with Crippen LogP contribution in [0.25, 0.3) is 0 Å². The van der Waals surface area contributed by atoms with Crippen LogP contribution in [0.4, 0.5) is 0 Å². The van der Waals surface area contributed by atoms with Gasteiger partial charge in [-0.15, -0.1) is 0 Å². The molecule has 0 aromatic carbocycles. The lowest BCUT2D eigenvalue weighted by Gasteiger charge is -2.71. The van der Waals surface area contributed by atoms with Crippen molar-refractivity contribution < 1.29 is 49.7 Å². The minimum absolute atomic E-state index is 0.0653. The average Bonchev–Trinajstić information content (AvgIpc) is 2.98. The number of hydrogen-bond acceptors (Lipinski definition) is 10. The second-order valence-electron chi connectivity index (χ2n) is 17.5. The normalized spacial score (nSPS) is 54.8. The number of fused-ring (bicyclic) bond motifs is 7. The second kappa shape index (κ2) is 10.8. The summed E-state index contributed by atoms with van der Waals surface area (Å²) in [7, 11) is 0. The Labute approximate surface area is 272 Å². The number of esters is 1. The maximum absolute atomic E-state index is 14.4. The van der Waals surface area contributed by atoms with Crippen LogP contribution in [0.1, 0.15) is 99.8 Å². The molecule has 0 radical (unpaired) electrons. The Kier molecular flexibility index (Phi) is 8.09. The molecule has 1 heterocycles. The smallest absolute Gasteiger partial charge is 0.315 e. The number of aliphatic hydroxyl groups excluding tert-OH is 5. The fourth-order valence-electron chi connectivity index (χ4n) is 12.2. The van der Waals surface area contributed by atoms with E-state index in [1.807, 2.05) is 27.7 Å². The summed E-state index contributed by atoms with van der Waals surface area (Å²) in [6, 6.07) is 0. The van der Waals surface area contributed by atoms with Crippen LogP contribution in [0, 0.1) is 50.7 Å². The van der Waals surface area contributed by atoms with E-state index in [0.29, 0.717) is 38.5 Å². The molecule has 0 aromatic rings. The maximum atomic E-state index is 14.4. The van der Waals surface area contributed by atoms with Crippen molar-refractivity contribution in [3.05, 3.63) is 11.6 Å². The zero-order valence-corrected chi connectivity index (χ0v) is 28.5. The molecule has 15 atom stereocenters. The third kappa shape index (κ3) is 4.32. The summed E-state index contributed by atoms with van der Waals surface area (Å²) in [5.41, 5.74) is -2.79. The molecular weight excluding hydrogens is 592 g/mol. The number of hydrogen-bond donors (Lipinski definition) is 6. The van der Waals surface area contributed by atoms with Crippen molar-refractivity contribution in [1.29, 1.82) is 0 Å². The first-order valence-electron chi connectivity index (χ1n) is 17.4. The zero-order valence-electron chi connectivity index (χ0n) is 28.5. The molecule has 0 bridgehead atoms. The van der Waals surface area contributed by atoms with Gasteiger partial charge in [-0.05, 0) is 92.3 Å². The Balaban J connectivity index is 1.40. The van der Waals surface area contributed by atoms with Gasteiger partial charge in [-0.2, -0.15) is 0 Å². The number of ether oxygens (including phenoxy) is 2. The second-order valence-corrected chi connectivity index (χ2v) is 17.5. The highest BCUT2D eigenvalue weighted by molar-refractivity contribution is 5.89. The number of aliphatic hydroxyl groups is 6. The van der Waals surface area contributed by atoms with E-state index in [1.165, 1.54) is 0 Å². The van der Waals surface area contributed by atoms with Crippen LogP contribution in [0.5, 0.6) is 0 Å². The Morgan fingerprint density at radius 2 is 1.61 bits per heavy atom. The molecule has 46 heavy (non-hydrogen) atoms. The summed E-state index contributed by atoms with van der Waals surface area (Å²) in [4.78, 5) is 27.6. The van der Waals surface area contributed by atoms with Crippen LogP contribution in [-0.2, 0) is 19.1 Å². The number of carbonyl (C=O) groups excluding carboxylic acids is 2. The molecule has 6 N–H and O–H groups in total. The molecule has 6 aliphatic rings. The Morgan fingerprint density at radius 1 is 0.935 bits per heavy atom. The largest absolute Gasteiger partial charge is 0.432 e. The minimum Gasteiger partial charge on any atom is -0.432 e. The molecule has 4 saturated carbocycles. The van der Waals surface area contributed by atoms with Crippen LogP contribution in [0.3, 0.4) is 0 Å². The van der Waals surface area contributed by atoms with Crippen LogP contribution >= 0.6 is 0 Å². The SMILES string of the molecule is CC1CCC2(C(=O)OC3OC(CO)C(O)C(O)C3O)CCC3(C)C(=CCC4C5(C)CC(O)C(=O)C(C)(C)C5CCC43C)C2C1(C)O. The van der Waals surface area contributed by atoms with Crippen molar-refractivity contribution in [1.82, 2.24) is 0 Å². The lowest BCUT2D eigenvalue weighted by molar-refractivity contribution is -0.299. The van der Waals surface area contributed by atoms with Crippen molar-refractivity contribution in [3.8, 4) is 0 Å². The van der Waals surface area contributed by atoms with Gasteiger partial charge in [0.1, 0.15) is 30.5 Å². The Hall–Kier alpha value is -1.40. The first kappa shape index (κ1) is 34.5. The van der Waals surface area contributed by atoms with E-state index in [-0.39, 0.29) is 39.8 Å². The third-order valence-electron chi connectivity index (χ3n) is 15.2. The van der Waals surface area contributed by atoms with Crippen LogP contribution < -0.4 is 0 Å². The molecule has 0 amide bonds. The van der Waals surface area contributed by atoms with Crippen molar-refractivity contribution in [2.24, 2.45) is 50.7 Å². The van der Waals surface area contributed by atoms with Gasteiger partial charge < -0.3 is 40.1 Å². The summed E-state index contributed by atoms with van der Waals surface area (Å²) in [6.07, 6.45) is -1.40.